The van der Waals surface area contributed by atoms with Gasteiger partial charge < -0.3 is 10.5 Å². The first-order valence-electron chi connectivity index (χ1n) is 4.47. The fourth-order valence-electron chi connectivity index (χ4n) is 1.19. The third kappa shape index (κ3) is 3.44. The summed E-state index contributed by atoms with van der Waals surface area (Å²) in [6.45, 7) is 0. The van der Waals surface area contributed by atoms with Crippen LogP contribution in [-0.2, 0) is 11.0 Å². The standard InChI is InChI=1S/C11H8F3NO2/c12-11(13,14)9-3-1-7(2-4-9)8(6-15)5-10(16)17/h1-6,15H,(H,16,17)/b8-5+,15-6?. The highest BCUT2D eigenvalue weighted by atomic mass is 19.4. The molecule has 0 spiro atoms. The number of carboxylic acids is 1. The van der Waals surface area contributed by atoms with Crippen molar-refractivity contribution < 1.29 is 23.1 Å². The number of rotatable bonds is 3. The van der Waals surface area contributed by atoms with Gasteiger partial charge in [-0.25, -0.2) is 4.79 Å². The Morgan fingerprint density at radius 3 is 2.12 bits per heavy atom. The minimum atomic E-state index is -4.43. The van der Waals surface area contributed by atoms with E-state index < -0.39 is 17.7 Å². The number of hydrogen-bond donors (Lipinski definition) is 2. The lowest BCUT2D eigenvalue weighted by atomic mass is 10.0. The molecule has 1 rings (SSSR count). The summed E-state index contributed by atoms with van der Waals surface area (Å²) in [5.74, 6) is -1.26. The summed E-state index contributed by atoms with van der Waals surface area (Å²) in [4.78, 5) is 10.4. The molecule has 6 heteroatoms. The van der Waals surface area contributed by atoms with Crippen LogP contribution < -0.4 is 0 Å². The average molecular weight is 243 g/mol. The number of hydrogen-bond acceptors (Lipinski definition) is 2. The number of aliphatic carboxylic acids is 1. The summed E-state index contributed by atoms with van der Waals surface area (Å²) in [5.41, 5.74) is -0.539. The Morgan fingerprint density at radius 2 is 1.76 bits per heavy atom. The molecule has 0 unspecified atom stereocenters. The molecule has 0 radical (unpaired) electrons. The molecule has 1 aromatic carbocycles. The molecular formula is C11H8F3NO2. The highest BCUT2D eigenvalue weighted by molar-refractivity contribution is 6.13. The second-order valence-electron chi connectivity index (χ2n) is 3.16. The fourth-order valence-corrected chi connectivity index (χ4v) is 1.19. The maximum atomic E-state index is 12.3. The van der Waals surface area contributed by atoms with Crippen molar-refractivity contribution in [3.63, 3.8) is 0 Å². The molecule has 0 saturated heterocycles. The van der Waals surface area contributed by atoms with E-state index in [0.29, 0.717) is 0 Å². The maximum absolute atomic E-state index is 12.3. The molecular weight excluding hydrogens is 235 g/mol. The zero-order chi connectivity index (χ0) is 13.1. The van der Waals surface area contributed by atoms with Crippen LogP contribution in [-0.4, -0.2) is 17.3 Å². The van der Waals surface area contributed by atoms with Crippen molar-refractivity contribution in [2.75, 3.05) is 0 Å². The number of carbonyl (C=O) groups is 1. The van der Waals surface area contributed by atoms with Crippen molar-refractivity contribution in [1.29, 1.82) is 5.41 Å². The number of allylic oxidation sites excluding steroid dienone is 1. The molecule has 90 valence electrons. The van der Waals surface area contributed by atoms with Crippen molar-refractivity contribution >= 4 is 17.8 Å². The van der Waals surface area contributed by atoms with E-state index in [2.05, 4.69) is 0 Å². The third-order valence-electron chi connectivity index (χ3n) is 1.98. The van der Waals surface area contributed by atoms with E-state index in [4.69, 9.17) is 10.5 Å². The summed E-state index contributed by atoms with van der Waals surface area (Å²) in [6.07, 6.45) is -2.90. The Bertz CT molecular complexity index is 461. The van der Waals surface area contributed by atoms with Gasteiger partial charge in [-0.2, -0.15) is 13.2 Å². The molecule has 3 nitrogen and oxygen atoms in total. The molecule has 0 amide bonds. The molecule has 0 atom stereocenters. The van der Waals surface area contributed by atoms with Crippen LogP contribution in [0, 0.1) is 5.41 Å². The molecule has 0 aromatic heterocycles. The molecule has 0 saturated carbocycles. The van der Waals surface area contributed by atoms with Crippen LogP contribution in [0.2, 0.25) is 0 Å². The second-order valence-corrected chi connectivity index (χ2v) is 3.16. The van der Waals surface area contributed by atoms with Gasteiger partial charge in [-0.3, -0.25) is 0 Å². The lowest BCUT2D eigenvalue weighted by Crippen LogP contribution is -2.04. The maximum Gasteiger partial charge on any atom is 0.416 e. The van der Waals surface area contributed by atoms with Gasteiger partial charge in [0.15, 0.2) is 0 Å². The molecule has 0 bridgehead atoms. The van der Waals surface area contributed by atoms with Crippen molar-refractivity contribution in [3.05, 3.63) is 41.5 Å². The van der Waals surface area contributed by atoms with Crippen LogP contribution >= 0.6 is 0 Å². The van der Waals surface area contributed by atoms with Crippen molar-refractivity contribution in [3.8, 4) is 0 Å². The Labute approximate surface area is 94.7 Å². The zero-order valence-corrected chi connectivity index (χ0v) is 8.45. The first-order valence-corrected chi connectivity index (χ1v) is 4.47. The normalized spacial score (nSPS) is 12.3. The third-order valence-corrected chi connectivity index (χ3v) is 1.98. The van der Waals surface area contributed by atoms with Crippen LogP contribution in [0.5, 0.6) is 0 Å². The Balaban J connectivity index is 3.10. The predicted octanol–water partition coefficient (Wildman–Crippen LogP) is 2.82. The Morgan fingerprint density at radius 1 is 1.24 bits per heavy atom. The van der Waals surface area contributed by atoms with Gasteiger partial charge >= 0.3 is 12.1 Å². The minimum absolute atomic E-state index is 0.0335. The van der Waals surface area contributed by atoms with E-state index in [1.165, 1.54) is 0 Å². The van der Waals surface area contributed by atoms with Gasteiger partial charge in [0, 0.05) is 17.9 Å². The monoisotopic (exact) mass is 243 g/mol. The summed E-state index contributed by atoms with van der Waals surface area (Å²) in [7, 11) is 0. The summed E-state index contributed by atoms with van der Waals surface area (Å²) in [5, 5.41) is 15.5. The Kier molecular flexibility index (Phi) is 3.67. The quantitative estimate of drug-likeness (QED) is 0.633. The first kappa shape index (κ1) is 13.0. The SMILES string of the molecule is N=C/C(=C\C(=O)O)c1ccc(C(F)(F)F)cc1. The van der Waals surface area contributed by atoms with Crippen LogP contribution in [0.3, 0.4) is 0 Å². The second kappa shape index (κ2) is 4.82. The predicted molar refractivity (Wildman–Crippen MR) is 55.8 cm³/mol. The largest absolute Gasteiger partial charge is 0.478 e. The highest BCUT2D eigenvalue weighted by Gasteiger charge is 2.29. The minimum Gasteiger partial charge on any atom is -0.478 e. The number of carboxylic acid groups (broad SMARTS) is 1. The molecule has 2 N–H and O–H groups in total. The number of nitrogens with one attached hydrogen (secondary N) is 1. The van der Waals surface area contributed by atoms with E-state index in [1.54, 1.807) is 0 Å². The van der Waals surface area contributed by atoms with Gasteiger partial charge in [0.2, 0.25) is 0 Å². The molecule has 0 aliphatic carbocycles. The van der Waals surface area contributed by atoms with Gasteiger partial charge in [0.25, 0.3) is 0 Å². The van der Waals surface area contributed by atoms with E-state index in [-0.39, 0.29) is 11.1 Å². The molecule has 0 aliphatic rings. The molecule has 0 fully saturated rings. The van der Waals surface area contributed by atoms with Gasteiger partial charge in [0.1, 0.15) is 0 Å². The van der Waals surface area contributed by atoms with Crippen LogP contribution in [0.25, 0.3) is 5.57 Å². The molecule has 1 aromatic rings. The van der Waals surface area contributed by atoms with Crippen LogP contribution in [0.4, 0.5) is 13.2 Å². The number of halogens is 3. The summed E-state index contributed by atoms with van der Waals surface area (Å²) < 4.78 is 36.8. The van der Waals surface area contributed by atoms with Gasteiger partial charge in [-0.05, 0) is 17.7 Å². The van der Waals surface area contributed by atoms with E-state index in [0.717, 1.165) is 36.6 Å². The highest BCUT2D eigenvalue weighted by Crippen LogP contribution is 2.29. The van der Waals surface area contributed by atoms with Gasteiger partial charge in [-0.15, -0.1) is 0 Å². The van der Waals surface area contributed by atoms with Crippen molar-refractivity contribution in [2.24, 2.45) is 0 Å². The van der Waals surface area contributed by atoms with E-state index in [9.17, 15) is 18.0 Å². The zero-order valence-electron chi connectivity index (χ0n) is 8.45. The molecule has 17 heavy (non-hydrogen) atoms. The van der Waals surface area contributed by atoms with E-state index in [1.807, 2.05) is 0 Å². The van der Waals surface area contributed by atoms with Crippen LogP contribution in [0.1, 0.15) is 11.1 Å². The first-order chi connectivity index (χ1) is 7.84. The molecule has 0 heterocycles. The molecule has 0 aliphatic heterocycles. The summed E-state index contributed by atoms with van der Waals surface area (Å²) in [6, 6.07) is 3.94. The topological polar surface area (TPSA) is 61.2 Å². The van der Waals surface area contributed by atoms with Crippen molar-refractivity contribution in [1.82, 2.24) is 0 Å². The average Bonchev–Trinajstić information content (AvgIpc) is 2.24. The number of alkyl halides is 3. The summed E-state index contributed by atoms with van der Waals surface area (Å²) >= 11 is 0. The van der Waals surface area contributed by atoms with Crippen molar-refractivity contribution in [2.45, 2.75) is 6.18 Å². The number of benzene rings is 1. The lowest BCUT2D eigenvalue weighted by Gasteiger charge is -2.07. The van der Waals surface area contributed by atoms with E-state index >= 15 is 0 Å². The Hall–Kier alpha value is -2.11. The lowest BCUT2D eigenvalue weighted by molar-refractivity contribution is -0.137. The smallest absolute Gasteiger partial charge is 0.416 e. The van der Waals surface area contributed by atoms with Gasteiger partial charge in [-0.1, -0.05) is 12.1 Å². The van der Waals surface area contributed by atoms with Crippen LogP contribution in [0.15, 0.2) is 30.3 Å². The fraction of sp³-hybridized carbons (Fsp3) is 0.0909. The van der Waals surface area contributed by atoms with Gasteiger partial charge in [0.05, 0.1) is 5.56 Å².